The molecule has 1 fully saturated rings. The smallest absolute Gasteiger partial charge is 0.418 e. The predicted molar refractivity (Wildman–Crippen MR) is 114 cm³/mol. The number of halogens is 4. The Morgan fingerprint density at radius 1 is 1.21 bits per heavy atom. The standard InChI is InChI=1S/C21H16ClF3N2O5S/c1-27-18(29)9-16(19(27)30)33-15-5-3-2-4-12(15)20(31)32-10-17(28)26-14-7-6-11(22)8-13(14)21(23,24)25/h2-8,16H,9-10H2,1H3,(H,26,28). The minimum Gasteiger partial charge on any atom is -0.452 e. The Bertz CT molecular complexity index is 1130. The van der Waals surface area contributed by atoms with Crippen molar-refractivity contribution in [2.45, 2.75) is 22.7 Å². The summed E-state index contributed by atoms with van der Waals surface area (Å²) in [6, 6.07) is 8.97. The van der Waals surface area contributed by atoms with Crippen LogP contribution in [0.5, 0.6) is 0 Å². The van der Waals surface area contributed by atoms with Crippen LogP contribution in [-0.2, 0) is 25.3 Å². The van der Waals surface area contributed by atoms with E-state index in [0.29, 0.717) is 11.0 Å². The van der Waals surface area contributed by atoms with E-state index in [0.717, 1.165) is 22.7 Å². The van der Waals surface area contributed by atoms with Gasteiger partial charge in [0.05, 0.1) is 22.1 Å². The summed E-state index contributed by atoms with van der Waals surface area (Å²) in [4.78, 5) is 49.8. The molecule has 3 amide bonds. The summed E-state index contributed by atoms with van der Waals surface area (Å²) >= 11 is 6.62. The Labute approximate surface area is 195 Å². The number of alkyl halides is 3. The van der Waals surface area contributed by atoms with Crippen molar-refractivity contribution < 1.29 is 37.1 Å². The number of amides is 3. The van der Waals surface area contributed by atoms with Gasteiger partial charge in [-0.05, 0) is 30.3 Å². The minimum atomic E-state index is -4.76. The quantitative estimate of drug-likeness (QED) is 0.476. The molecule has 174 valence electrons. The van der Waals surface area contributed by atoms with Gasteiger partial charge in [0.15, 0.2) is 6.61 Å². The number of ether oxygens (including phenoxy) is 1. The van der Waals surface area contributed by atoms with Gasteiger partial charge in [-0.25, -0.2) is 4.79 Å². The molecule has 33 heavy (non-hydrogen) atoms. The fourth-order valence-corrected chi connectivity index (χ4v) is 4.36. The van der Waals surface area contributed by atoms with Crippen LogP contribution in [0.15, 0.2) is 47.4 Å². The van der Waals surface area contributed by atoms with Gasteiger partial charge in [-0.15, -0.1) is 11.8 Å². The summed E-state index contributed by atoms with van der Waals surface area (Å²) in [5.41, 5.74) is -1.62. The summed E-state index contributed by atoms with van der Waals surface area (Å²) < 4.78 is 44.4. The number of hydrogen-bond donors (Lipinski definition) is 1. The molecule has 1 N–H and O–H groups in total. The van der Waals surface area contributed by atoms with Gasteiger partial charge in [0.2, 0.25) is 11.8 Å². The zero-order chi connectivity index (χ0) is 24.3. The molecule has 1 aliphatic rings. The van der Waals surface area contributed by atoms with Crippen LogP contribution in [-0.4, -0.2) is 47.5 Å². The van der Waals surface area contributed by atoms with E-state index in [2.05, 4.69) is 5.32 Å². The van der Waals surface area contributed by atoms with Crippen LogP contribution >= 0.6 is 23.4 Å². The van der Waals surface area contributed by atoms with Crippen molar-refractivity contribution in [1.29, 1.82) is 0 Å². The molecule has 0 saturated carbocycles. The van der Waals surface area contributed by atoms with Gasteiger partial charge < -0.3 is 10.1 Å². The van der Waals surface area contributed by atoms with E-state index >= 15 is 0 Å². The number of thioether (sulfide) groups is 1. The molecule has 0 aromatic heterocycles. The van der Waals surface area contributed by atoms with Crippen LogP contribution in [0.3, 0.4) is 0 Å². The molecule has 12 heteroatoms. The molecule has 7 nitrogen and oxygen atoms in total. The molecule has 1 heterocycles. The van der Waals surface area contributed by atoms with Gasteiger partial charge in [-0.1, -0.05) is 23.7 Å². The van der Waals surface area contributed by atoms with Gasteiger partial charge in [0, 0.05) is 23.4 Å². The first-order valence-corrected chi connectivity index (χ1v) is 10.6. The number of carbonyl (C=O) groups is 4. The van der Waals surface area contributed by atoms with Crippen molar-refractivity contribution in [1.82, 2.24) is 4.90 Å². The number of nitrogens with zero attached hydrogens (tertiary/aromatic N) is 1. The minimum absolute atomic E-state index is 0.0194. The Morgan fingerprint density at radius 3 is 2.55 bits per heavy atom. The fourth-order valence-electron chi connectivity index (χ4n) is 2.96. The predicted octanol–water partition coefficient (Wildman–Crippen LogP) is 4.00. The first kappa shape index (κ1) is 24.6. The highest BCUT2D eigenvalue weighted by Crippen LogP contribution is 2.36. The van der Waals surface area contributed by atoms with Crippen molar-refractivity contribution in [2.75, 3.05) is 19.0 Å². The van der Waals surface area contributed by atoms with E-state index in [9.17, 15) is 32.3 Å². The number of imide groups is 1. The number of esters is 1. The van der Waals surface area contributed by atoms with Gasteiger partial charge in [-0.2, -0.15) is 13.2 Å². The zero-order valence-corrected chi connectivity index (χ0v) is 18.5. The third-order valence-corrected chi connectivity index (χ3v) is 6.11. The highest BCUT2D eigenvalue weighted by molar-refractivity contribution is 8.00. The maximum absolute atomic E-state index is 13.2. The molecule has 2 aromatic carbocycles. The van der Waals surface area contributed by atoms with Crippen LogP contribution < -0.4 is 5.32 Å². The lowest BCUT2D eigenvalue weighted by Gasteiger charge is -2.15. The van der Waals surface area contributed by atoms with Gasteiger partial charge in [0.1, 0.15) is 0 Å². The molecule has 0 bridgehead atoms. The van der Waals surface area contributed by atoms with Crippen molar-refractivity contribution >= 4 is 52.7 Å². The zero-order valence-electron chi connectivity index (χ0n) is 16.9. The number of nitrogens with one attached hydrogen (secondary N) is 1. The van der Waals surface area contributed by atoms with Crippen molar-refractivity contribution in [3.8, 4) is 0 Å². The first-order chi connectivity index (χ1) is 15.5. The Kier molecular flexibility index (Phi) is 7.33. The number of anilines is 1. The Balaban J connectivity index is 1.66. The highest BCUT2D eigenvalue weighted by atomic mass is 35.5. The van der Waals surface area contributed by atoms with Gasteiger partial charge in [0.25, 0.3) is 5.91 Å². The lowest BCUT2D eigenvalue weighted by Crippen LogP contribution is -2.26. The van der Waals surface area contributed by atoms with Crippen LogP contribution in [0, 0.1) is 0 Å². The summed E-state index contributed by atoms with van der Waals surface area (Å²) in [5.74, 6) is -2.63. The lowest BCUT2D eigenvalue weighted by atomic mass is 10.1. The second-order valence-electron chi connectivity index (χ2n) is 6.91. The van der Waals surface area contributed by atoms with Crippen LogP contribution in [0.4, 0.5) is 18.9 Å². The molecule has 1 aliphatic heterocycles. The fraction of sp³-hybridized carbons (Fsp3) is 0.238. The normalized spacial score (nSPS) is 16.2. The van der Waals surface area contributed by atoms with Crippen LogP contribution in [0.1, 0.15) is 22.3 Å². The number of hydrogen-bond acceptors (Lipinski definition) is 6. The Morgan fingerprint density at radius 2 is 1.91 bits per heavy atom. The largest absolute Gasteiger partial charge is 0.452 e. The molecule has 0 spiro atoms. The van der Waals surface area contributed by atoms with Crippen molar-refractivity contribution in [3.05, 3.63) is 58.6 Å². The second kappa shape index (κ2) is 9.84. The summed E-state index contributed by atoms with van der Waals surface area (Å²) in [5, 5.41) is 1.19. The van der Waals surface area contributed by atoms with E-state index in [1.807, 2.05) is 0 Å². The molecular weight excluding hydrogens is 485 g/mol. The van der Waals surface area contributed by atoms with Crippen molar-refractivity contribution in [2.24, 2.45) is 0 Å². The van der Waals surface area contributed by atoms with E-state index in [-0.39, 0.29) is 22.9 Å². The average molecular weight is 501 g/mol. The maximum Gasteiger partial charge on any atom is 0.418 e. The summed E-state index contributed by atoms with van der Waals surface area (Å²) in [6.45, 7) is -0.846. The molecular formula is C21H16ClF3N2O5S. The topological polar surface area (TPSA) is 92.8 Å². The van der Waals surface area contributed by atoms with Gasteiger partial charge >= 0.3 is 12.1 Å². The van der Waals surface area contributed by atoms with Crippen molar-refractivity contribution in [3.63, 3.8) is 0 Å². The summed E-state index contributed by atoms with van der Waals surface area (Å²) in [6.07, 6.45) is -4.78. The number of likely N-dealkylation sites (tertiary alicyclic amines) is 1. The molecule has 0 aliphatic carbocycles. The Hall–Kier alpha value is -3.05. The number of carbonyl (C=O) groups excluding carboxylic acids is 4. The monoisotopic (exact) mass is 500 g/mol. The SMILES string of the molecule is CN1C(=O)CC(Sc2ccccc2C(=O)OCC(=O)Nc2ccc(Cl)cc2C(F)(F)F)C1=O. The van der Waals surface area contributed by atoms with Crippen LogP contribution in [0.25, 0.3) is 0 Å². The molecule has 3 rings (SSSR count). The van der Waals surface area contributed by atoms with E-state index < -0.39 is 47.1 Å². The molecule has 2 aromatic rings. The second-order valence-corrected chi connectivity index (χ2v) is 8.59. The maximum atomic E-state index is 13.2. The van der Waals surface area contributed by atoms with E-state index in [4.69, 9.17) is 16.3 Å². The van der Waals surface area contributed by atoms with Gasteiger partial charge in [-0.3, -0.25) is 19.3 Å². The molecule has 0 radical (unpaired) electrons. The number of rotatable bonds is 6. The molecule has 1 atom stereocenters. The van der Waals surface area contributed by atoms with E-state index in [1.165, 1.54) is 25.2 Å². The average Bonchev–Trinajstić information content (AvgIpc) is 2.99. The molecule has 1 saturated heterocycles. The molecule has 1 unspecified atom stereocenters. The third kappa shape index (κ3) is 5.85. The first-order valence-electron chi connectivity index (χ1n) is 9.37. The van der Waals surface area contributed by atoms with E-state index in [1.54, 1.807) is 12.1 Å². The lowest BCUT2D eigenvalue weighted by molar-refractivity contribution is -0.138. The van der Waals surface area contributed by atoms with Crippen LogP contribution in [0.2, 0.25) is 5.02 Å². The third-order valence-electron chi connectivity index (χ3n) is 4.61. The number of benzene rings is 2. The highest BCUT2D eigenvalue weighted by Gasteiger charge is 2.37. The summed E-state index contributed by atoms with van der Waals surface area (Å²) in [7, 11) is 1.37.